The number of alkyl carbamates (subject to hydrolysis) is 1. The first-order valence-corrected chi connectivity index (χ1v) is 17.8. The first-order chi connectivity index (χ1) is 22.2. The van der Waals surface area contributed by atoms with Crippen molar-refractivity contribution in [2.24, 2.45) is 11.3 Å². The van der Waals surface area contributed by atoms with E-state index in [0.29, 0.717) is 25.1 Å². The van der Waals surface area contributed by atoms with Crippen molar-refractivity contribution in [2.45, 2.75) is 101 Å². The van der Waals surface area contributed by atoms with Crippen molar-refractivity contribution in [3.8, 4) is 5.88 Å². The number of nitrogens with zero attached hydrogens (tertiary/aromatic N) is 2. The summed E-state index contributed by atoms with van der Waals surface area (Å²) in [5.74, 6) is -2.13. The molecule has 2 saturated carbocycles. The molecule has 3 fully saturated rings. The minimum atomic E-state index is -3.87. The zero-order valence-corrected chi connectivity index (χ0v) is 28.0. The van der Waals surface area contributed by atoms with Gasteiger partial charge in [0.2, 0.25) is 27.7 Å². The normalized spacial score (nSPS) is 28.8. The lowest BCUT2D eigenvalue weighted by molar-refractivity contribution is -0.142. The monoisotopic (exact) mass is 671 g/mol. The van der Waals surface area contributed by atoms with Crippen LogP contribution in [0.15, 0.2) is 37.1 Å². The van der Waals surface area contributed by atoms with Crippen LogP contribution in [0.2, 0.25) is 0 Å². The van der Waals surface area contributed by atoms with Crippen molar-refractivity contribution in [1.82, 2.24) is 25.2 Å². The van der Waals surface area contributed by atoms with Crippen LogP contribution in [0.1, 0.15) is 77.7 Å². The fourth-order valence-corrected chi connectivity index (χ4v) is 7.43. The molecule has 2 bridgehead atoms. The molecule has 1 aromatic heterocycles. The van der Waals surface area contributed by atoms with Crippen molar-refractivity contribution in [3.05, 3.63) is 42.6 Å². The van der Waals surface area contributed by atoms with Crippen molar-refractivity contribution >= 4 is 39.9 Å². The number of carbonyl (C=O) groups is 4. The van der Waals surface area contributed by atoms with E-state index in [1.54, 1.807) is 33.0 Å². The Bertz CT molecular complexity index is 1540. The minimum absolute atomic E-state index is 0.0000980. The van der Waals surface area contributed by atoms with Gasteiger partial charge in [-0.15, -0.1) is 6.58 Å². The smallest absolute Gasteiger partial charge is 0.407 e. The fraction of sp³-hybridized carbons (Fsp3) is 0.606. The summed E-state index contributed by atoms with van der Waals surface area (Å²) in [7, 11) is -3.87. The van der Waals surface area contributed by atoms with Gasteiger partial charge < -0.3 is 25.0 Å². The van der Waals surface area contributed by atoms with E-state index in [-0.39, 0.29) is 26.0 Å². The van der Waals surface area contributed by atoms with Gasteiger partial charge >= 0.3 is 6.09 Å². The first-order valence-electron chi connectivity index (χ1n) is 16.3. The predicted molar refractivity (Wildman–Crippen MR) is 173 cm³/mol. The summed E-state index contributed by atoms with van der Waals surface area (Å²) in [5.41, 5.74) is -1.54. The second-order valence-corrected chi connectivity index (χ2v) is 15.9. The highest BCUT2D eigenvalue weighted by atomic mass is 32.2. The average Bonchev–Trinajstić information content (AvgIpc) is 3.93. The van der Waals surface area contributed by atoms with E-state index in [2.05, 4.69) is 26.9 Å². The number of allylic oxidation sites excluding steroid dienone is 1. The number of carbonyl (C=O) groups excluding carboxylic acids is 4. The summed E-state index contributed by atoms with van der Waals surface area (Å²) in [6, 6.07) is 1.51. The third-order valence-electron chi connectivity index (χ3n) is 9.10. The number of ether oxygens (including phenoxy) is 2. The summed E-state index contributed by atoms with van der Waals surface area (Å²) in [4.78, 5) is 60.3. The molecule has 4 amide bonds. The van der Waals surface area contributed by atoms with Crippen LogP contribution >= 0.6 is 0 Å². The van der Waals surface area contributed by atoms with E-state index in [0.717, 1.165) is 24.8 Å². The van der Waals surface area contributed by atoms with Crippen LogP contribution in [0.25, 0.3) is 6.08 Å². The summed E-state index contributed by atoms with van der Waals surface area (Å²) >= 11 is 0. The number of sulfonamides is 1. The van der Waals surface area contributed by atoms with Crippen molar-refractivity contribution in [2.75, 3.05) is 13.2 Å². The predicted octanol–water partition coefficient (Wildman–Crippen LogP) is 2.83. The Hall–Kier alpha value is -3.94. The molecule has 5 rings (SSSR count). The summed E-state index contributed by atoms with van der Waals surface area (Å²) < 4.78 is 39.1. The topological polar surface area (TPSA) is 173 Å². The molecule has 13 nitrogen and oxygen atoms in total. The largest absolute Gasteiger partial charge is 0.472 e. The molecule has 2 aliphatic heterocycles. The lowest BCUT2D eigenvalue weighted by atomic mass is 9.85. The minimum Gasteiger partial charge on any atom is -0.472 e. The lowest BCUT2D eigenvalue weighted by Crippen LogP contribution is -2.60. The first kappa shape index (κ1) is 34.4. The average molecular weight is 672 g/mol. The fourth-order valence-electron chi connectivity index (χ4n) is 6.07. The van der Waals surface area contributed by atoms with Crippen LogP contribution in [0, 0.1) is 11.3 Å². The maximum absolute atomic E-state index is 14.3. The summed E-state index contributed by atoms with van der Waals surface area (Å²) in [6.07, 6.45) is 10.1. The third kappa shape index (κ3) is 7.96. The molecule has 0 aromatic carbocycles. The van der Waals surface area contributed by atoms with Gasteiger partial charge in [-0.25, -0.2) is 18.2 Å². The van der Waals surface area contributed by atoms with Crippen LogP contribution in [-0.2, 0) is 29.1 Å². The second kappa shape index (κ2) is 13.7. The molecule has 256 valence electrons. The molecule has 2 aliphatic carbocycles. The molecule has 5 atom stereocenters. The molecule has 0 spiro atoms. The molecule has 1 saturated heterocycles. The van der Waals surface area contributed by atoms with Crippen LogP contribution in [-0.4, -0.2) is 84.2 Å². The zero-order valence-electron chi connectivity index (χ0n) is 27.2. The van der Waals surface area contributed by atoms with Crippen LogP contribution in [0.3, 0.4) is 0 Å². The van der Waals surface area contributed by atoms with Gasteiger partial charge in [0.15, 0.2) is 0 Å². The van der Waals surface area contributed by atoms with E-state index < -0.39 is 74.1 Å². The Morgan fingerprint density at radius 2 is 1.96 bits per heavy atom. The number of cyclic esters (lactones) is 1. The van der Waals surface area contributed by atoms with Crippen LogP contribution < -0.4 is 20.1 Å². The number of rotatable bonds is 6. The number of hydrogen-bond acceptors (Lipinski definition) is 9. The van der Waals surface area contributed by atoms with Gasteiger partial charge in [0.05, 0.1) is 18.4 Å². The van der Waals surface area contributed by atoms with Gasteiger partial charge in [-0.05, 0) is 62.5 Å². The molecule has 0 unspecified atom stereocenters. The van der Waals surface area contributed by atoms with Gasteiger partial charge in [0, 0.05) is 24.1 Å². The van der Waals surface area contributed by atoms with Crippen LogP contribution in [0.5, 0.6) is 5.88 Å². The van der Waals surface area contributed by atoms with E-state index >= 15 is 0 Å². The Morgan fingerprint density at radius 3 is 2.64 bits per heavy atom. The Labute approximate surface area is 276 Å². The van der Waals surface area contributed by atoms with E-state index in [1.165, 1.54) is 11.0 Å². The van der Waals surface area contributed by atoms with Gasteiger partial charge in [0.1, 0.15) is 23.7 Å². The van der Waals surface area contributed by atoms with E-state index in [9.17, 15) is 27.6 Å². The number of pyridine rings is 1. The van der Waals surface area contributed by atoms with Crippen molar-refractivity contribution in [1.29, 1.82) is 0 Å². The summed E-state index contributed by atoms with van der Waals surface area (Å²) in [5, 5.41) is 4.87. The van der Waals surface area contributed by atoms with Crippen LogP contribution in [0.4, 0.5) is 4.79 Å². The highest BCUT2D eigenvalue weighted by Crippen LogP contribution is 2.45. The Balaban J connectivity index is 1.44. The number of fused-ring (bicyclic) bond motifs is 3. The van der Waals surface area contributed by atoms with Crippen molar-refractivity contribution < 1.29 is 37.1 Å². The number of hydrogen-bond donors (Lipinski definition) is 3. The molecule has 1 aromatic rings. The van der Waals surface area contributed by atoms with Crippen molar-refractivity contribution in [3.63, 3.8) is 0 Å². The highest BCUT2D eigenvalue weighted by Gasteiger charge is 2.62. The third-order valence-corrected chi connectivity index (χ3v) is 10.9. The second-order valence-electron chi connectivity index (χ2n) is 13.9. The quantitative estimate of drug-likeness (QED) is 0.385. The maximum Gasteiger partial charge on any atom is 0.407 e. The number of aromatic nitrogens is 1. The zero-order chi connectivity index (χ0) is 34.0. The molecule has 3 N–H and O–H groups in total. The van der Waals surface area contributed by atoms with Gasteiger partial charge in [-0.1, -0.05) is 39.0 Å². The maximum atomic E-state index is 14.3. The van der Waals surface area contributed by atoms with Gasteiger partial charge in [-0.3, -0.25) is 19.1 Å². The summed E-state index contributed by atoms with van der Waals surface area (Å²) in [6.45, 7) is 9.34. The van der Waals surface area contributed by atoms with E-state index in [4.69, 9.17) is 9.47 Å². The van der Waals surface area contributed by atoms with Gasteiger partial charge in [-0.2, -0.15) is 0 Å². The Morgan fingerprint density at radius 1 is 1.19 bits per heavy atom. The molecule has 47 heavy (non-hydrogen) atoms. The highest BCUT2D eigenvalue weighted by molar-refractivity contribution is 7.91. The number of nitrogens with one attached hydrogen (secondary N) is 3. The molecular formula is C33H45N5O8S. The Kier molecular flexibility index (Phi) is 9.99. The number of amides is 4. The molecule has 0 radical (unpaired) electrons. The molecule has 4 aliphatic rings. The SMILES string of the molecule is C=C[C@@H]1C[C@]1(NC(=O)[C@@H]1C[C@@H]2CN1C(=O)[C@H](C(C)(C)C)NC(=O)OCCCCCC=Cc1cccnc1O2)C(=O)NS(=O)(=O)C1CC1. The lowest BCUT2D eigenvalue weighted by Gasteiger charge is -2.35. The van der Waals surface area contributed by atoms with E-state index in [1.807, 2.05) is 18.2 Å². The van der Waals surface area contributed by atoms with Gasteiger partial charge in [0.25, 0.3) is 5.91 Å². The standard InChI is InChI=1S/C33H45N5O8S/c1-5-22-19-33(22,30(41)37-47(43,44)24-14-15-24)36-27(39)25-18-23-20-38(25)29(40)26(32(2,3)4)35-31(42)45-17-10-8-6-7-9-12-21-13-11-16-34-28(21)46-23/h5,9,11-13,16,22-26H,1,6-8,10,14-15,17-20H2,2-4H3,(H,35,42)(H,36,39)(H,37,41)/t22-,23-,25+,26-,33-/m1/s1. The molecular weight excluding hydrogens is 626 g/mol. The molecule has 14 heteroatoms. The molecule has 3 heterocycles.